The Bertz CT molecular complexity index is 420. The number of amides is 1. The summed E-state index contributed by atoms with van der Waals surface area (Å²) >= 11 is 0. The van der Waals surface area contributed by atoms with Crippen molar-refractivity contribution in [2.75, 3.05) is 13.2 Å². The van der Waals surface area contributed by atoms with E-state index in [9.17, 15) is 4.79 Å². The Labute approximate surface area is 114 Å². The van der Waals surface area contributed by atoms with E-state index in [1.165, 1.54) is 11.1 Å². The van der Waals surface area contributed by atoms with Gasteiger partial charge in [0.25, 0.3) is 0 Å². The maximum absolute atomic E-state index is 12.0. The molecule has 0 saturated heterocycles. The Kier molecular flexibility index (Phi) is 5.36. The van der Waals surface area contributed by atoms with Crippen molar-refractivity contribution in [3.63, 3.8) is 0 Å². The van der Waals surface area contributed by atoms with Crippen LogP contribution in [0.1, 0.15) is 30.4 Å². The highest BCUT2D eigenvalue weighted by Gasteiger charge is 2.23. The molecule has 0 radical (unpaired) electrons. The third-order valence-electron chi connectivity index (χ3n) is 3.53. The molecule has 0 bridgehead atoms. The molecule has 104 valence electrons. The van der Waals surface area contributed by atoms with E-state index in [-0.39, 0.29) is 18.6 Å². The largest absolute Gasteiger partial charge is 0.396 e. The van der Waals surface area contributed by atoms with Gasteiger partial charge in [-0.05, 0) is 36.8 Å². The van der Waals surface area contributed by atoms with Gasteiger partial charge in [0, 0.05) is 19.7 Å². The number of rotatable bonds is 6. The van der Waals surface area contributed by atoms with Crippen molar-refractivity contribution in [3.8, 4) is 0 Å². The van der Waals surface area contributed by atoms with E-state index in [2.05, 4.69) is 22.8 Å². The summed E-state index contributed by atoms with van der Waals surface area (Å²) in [7, 11) is 0. The van der Waals surface area contributed by atoms with Crippen molar-refractivity contribution in [1.82, 2.24) is 10.6 Å². The van der Waals surface area contributed by atoms with E-state index in [0.717, 1.165) is 32.2 Å². The van der Waals surface area contributed by atoms with Gasteiger partial charge in [-0.15, -0.1) is 0 Å². The molecule has 0 spiro atoms. The van der Waals surface area contributed by atoms with Crippen LogP contribution in [0, 0.1) is 0 Å². The van der Waals surface area contributed by atoms with Gasteiger partial charge < -0.3 is 15.7 Å². The Morgan fingerprint density at radius 3 is 2.84 bits per heavy atom. The molecule has 0 aliphatic carbocycles. The molecule has 1 heterocycles. The fourth-order valence-corrected chi connectivity index (χ4v) is 2.39. The van der Waals surface area contributed by atoms with Crippen LogP contribution in [0.5, 0.6) is 0 Å². The highest BCUT2D eigenvalue weighted by Crippen LogP contribution is 2.16. The van der Waals surface area contributed by atoms with E-state index in [4.69, 9.17) is 5.11 Å². The zero-order chi connectivity index (χ0) is 13.5. The second-order valence-electron chi connectivity index (χ2n) is 4.98. The van der Waals surface area contributed by atoms with E-state index >= 15 is 0 Å². The van der Waals surface area contributed by atoms with Gasteiger partial charge in [-0.1, -0.05) is 24.3 Å². The Morgan fingerprint density at radius 2 is 2.05 bits per heavy atom. The lowest BCUT2D eigenvalue weighted by Crippen LogP contribution is -2.47. The van der Waals surface area contributed by atoms with Gasteiger partial charge in [-0.25, -0.2) is 0 Å². The molecule has 1 aliphatic heterocycles. The summed E-state index contributed by atoms with van der Waals surface area (Å²) in [5, 5.41) is 14.9. The SMILES string of the molecule is O=C(NCCCCCO)[C@@H]1Cc2ccccc2CN1. The fraction of sp³-hybridized carbons (Fsp3) is 0.533. The van der Waals surface area contributed by atoms with Gasteiger partial charge in [0.2, 0.25) is 5.91 Å². The Balaban J connectivity index is 1.76. The Morgan fingerprint density at radius 1 is 1.26 bits per heavy atom. The number of carbonyl (C=O) groups is 1. The lowest BCUT2D eigenvalue weighted by atomic mass is 9.95. The average molecular weight is 262 g/mol. The smallest absolute Gasteiger partial charge is 0.237 e. The van der Waals surface area contributed by atoms with Crippen molar-refractivity contribution in [2.45, 2.75) is 38.3 Å². The van der Waals surface area contributed by atoms with Crippen LogP contribution in [0.25, 0.3) is 0 Å². The molecule has 0 fully saturated rings. The standard InChI is InChI=1S/C15H22N2O2/c18-9-5-1-4-8-16-15(19)14-10-12-6-2-3-7-13(12)11-17-14/h2-3,6-7,14,17-18H,1,4-5,8-11H2,(H,16,19)/t14-/m0/s1. The minimum atomic E-state index is -0.118. The van der Waals surface area contributed by atoms with Crippen molar-refractivity contribution < 1.29 is 9.90 Å². The zero-order valence-electron chi connectivity index (χ0n) is 11.2. The molecule has 1 amide bonds. The number of unbranched alkanes of at least 4 members (excludes halogenated alkanes) is 2. The fourth-order valence-electron chi connectivity index (χ4n) is 2.39. The number of hydrogen-bond acceptors (Lipinski definition) is 3. The predicted molar refractivity (Wildman–Crippen MR) is 74.7 cm³/mol. The molecule has 4 heteroatoms. The average Bonchev–Trinajstić information content (AvgIpc) is 2.46. The molecule has 2 rings (SSSR count). The molecule has 1 aromatic carbocycles. The lowest BCUT2D eigenvalue weighted by Gasteiger charge is -2.25. The first-order valence-corrected chi connectivity index (χ1v) is 7.00. The summed E-state index contributed by atoms with van der Waals surface area (Å²) in [6.45, 7) is 1.69. The van der Waals surface area contributed by atoms with Crippen LogP contribution in [0.3, 0.4) is 0 Å². The van der Waals surface area contributed by atoms with Gasteiger partial charge in [0.1, 0.15) is 0 Å². The summed E-state index contributed by atoms with van der Waals surface area (Å²) in [6.07, 6.45) is 3.46. The number of hydrogen-bond donors (Lipinski definition) is 3. The van der Waals surface area contributed by atoms with Crippen LogP contribution in [-0.4, -0.2) is 30.2 Å². The topological polar surface area (TPSA) is 61.4 Å². The minimum Gasteiger partial charge on any atom is -0.396 e. The lowest BCUT2D eigenvalue weighted by molar-refractivity contribution is -0.123. The first-order valence-electron chi connectivity index (χ1n) is 7.00. The van der Waals surface area contributed by atoms with Crippen LogP contribution < -0.4 is 10.6 Å². The molecule has 1 aromatic rings. The van der Waals surface area contributed by atoms with E-state index in [0.29, 0.717) is 6.54 Å². The summed E-state index contributed by atoms with van der Waals surface area (Å²) in [5.41, 5.74) is 2.55. The van der Waals surface area contributed by atoms with Gasteiger partial charge in [0.15, 0.2) is 0 Å². The molecule has 1 atom stereocenters. The Hall–Kier alpha value is -1.39. The van der Waals surface area contributed by atoms with E-state index < -0.39 is 0 Å². The van der Waals surface area contributed by atoms with Gasteiger partial charge in [-0.3, -0.25) is 4.79 Å². The first kappa shape index (κ1) is 14.0. The number of aliphatic hydroxyl groups excluding tert-OH is 1. The van der Waals surface area contributed by atoms with Gasteiger partial charge in [0.05, 0.1) is 6.04 Å². The van der Waals surface area contributed by atoms with Crippen LogP contribution in [0.2, 0.25) is 0 Å². The minimum absolute atomic E-state index is 0.0819. The number of nitrogens with one attached hydrogen (secondary N) is 2. The quantitative estimate of drug-likeness (QED) is 0.670. The molecule has 0 aromatic heterocycles. The van der Waals surface area contributed by atoms with Crippen molar-refractivity contribution in [2.24, 2.45) is 0 Å². The molecule has 1 aliphatic rings. The van der Waals surface area contributed by atoms with Crippen LogP contribution >= 0.6 is 0 Å². The maximum Gasteiger partial charge on any atom is 0.237 e. The number of aliphatic hydroxyl groups is 1. The van der Waals surface area contributed by atoms with Gasteiger partial charge >= 0.3 is 0 Å². The molecule has 19 heavy (non-hydrogen) atoms. The third kappa shape index (κ3) is 4.04. The zero-order valence-corrected chi connectivity index (χ0v) is 11.2. The summed E-state index contributed by atoms with van der Waals surface area (Å²) in [5.74, 6) is 0.0819. The van der Waals surface area contributed by atoms with Crippen LogP contribution in [0.15, 0.2) is 24.3 Å². The molecule has 0 unspecified atom stereocenters. The van der Waals surface area contributed by atoms with E-state index in [1.54, 1.807) is 0 Å². The van der Waals surface area contributed by atoms with Crippen molar-refractivity contribution in [1.29, 1.82) is 0 Å². The second kappa shape index (κ2) is 7.26. The van der Waals surface area contributed by atoms with Crippen molar-refractivity contribution >= 4 is 5.91 Å². The number of carbonyl (C=O) groups excluding carboxylic acids is 1. The summed E-state index contributed by atoms with van der Waals surface area (Å²) in [4.78, 5) is 12.0. The second-order valence-corrected chi connectivity index (χ2v) is 4.98. The molecule has 4 nitrogen and oxygen atoms in total. The van der Waals surface area contributed by atoms with Crippen molar-refractivity contribution in [3.05, 3.63) is 35.4 Å². The number of fused-ring (bicyclic) bond motifs is 1. The highest BCUT2D eigenvalue weighted by atomic mass is 16.2. The predicted octanol–water partition coefficient (Wildman–Crippen LogP) is 0.980. The monoisotopic (exact) mass is 262 g/mol. The first-order chi connectivity index (χ1) is 9.31. The summed E-state index contributed by atoms with van der Waals surface area (Å²) < 4.78 is 0. The maximum atomic E-state index is 12.0. The van der Waals surface area contributed by atoms with Crippen LogP contribution in [0.4, 0.5) is 0 Å². The highest BCUT2D eigenvalue weighted by molar-refractivity contribution is 5.82. The van der Waals surface area contributed by atoms with E-state index in [1.807, 2.05) is 12.1 Å². The molecule has 0 saturated carbocycles. The van der Waals surface area contributed by atoms with Crippen LogP contribution in [-0.2, 0) is 17.8 Å². The normalized spacial score (nSPS) is 17.8. The number of benzene rings is 1. The molecular weight excluding hydrogens is 240 g/mol. The molecular formula is C15H22N2O2. The third-order valence-corrected chi connectivity index (χ3v) is 3.53. The molecule has 3 N–H and O–H groups in total. The van der Waals surface area contributed by atoms with Gasteiger partial charge in [-0.2, -0.15) is 0 Å². The summed E-state index contributed by atoms with van der Waals surface area (Å²) in [6, 6.07) is 8.13.